The van der Waals surface area contributed by atoms with E-state index in [-0.39, 0.29) is 17.8 Å². The van der Waals surface area contributed by atoms with E-state index in [4.69, 9.17) is 5.84 Å². The summed E-state index contributed by atoms with van der Waals surface area (Å²) in [6.07, 6.45) is 0.725. The van der Waals surface area contributed by atoms with Crippen molar-refractivity contribution >= 4 is 34.5 Å². The van der Waals surface area contributed by atoms with Crippen molar-refractivity contribution in [1.82, 2.24) is 15.3 Å². The number of carbonyl (C=O) groups excluding carboxylic acids is 2. The quantitative estimate of drug-likeness (QED) is 0.359. The average Bonchev–Trinajstić information content (AvgIpc) is 2.49. The second kappa shape index (κ2) is 5.33. The lowest BCUT2D eigenvalue weighted by Crippen LogP contribution is -2.47. The van der Waals surface area contributed by atoms with Crippen LogP contribution in [0.15, 0.2) is 24.3 Å². The monoisotopic (exact) mass is 286 g/mol. The van der Waals surface area contributed by atoms with Crippen LogP contribution in [0.4, 0.5) is 11.8 Å². The van der Waals surface area contributed by atoms with Gasteiger partial charge in [0.05, 0.1) is 5.52 Å². The molecular weight excluding hydrogens is 272 g/mol. The first-order valence-electron chi connectivity index (χ1n) is 6.51. The molecule has 1 unspecified atom stereocenters. The first-order chi connectivity index (χ1) is 10.2. The number of imide groups is 1. The van der Waals surface area contributed by atoms with Crippen molar-refractivity contribution in [2.45, 2.75) is 18.9 Å². The fraction of sp³-hybridized carbons (Fsp3) is 0.231. The highest BCUT2D eigenvalue weighted by Crippen LogP contribution is 2.23. The molecule has 21 heavy (non-hydrogen) atoms. The summed E-state index contributed by atoms with van der Waals surface area (Å²) >= 11 is 0. The Bertz CT molecular complexity index is 717. The van der Waals surface area contributed by atoms with Gasteiger partial charge in [0.2, 0.25) is 17.8 Å². The van der Waals surface area contributed by atoms with Gasteiger partial charge >= 0.3 is 0 Å². The Balaban J connectivity index is 1.96. The van der Waals surface area contributed by atoms with Crippen molar-refractivity contribution in [1.29, 1.82) is 0 Å². The molecule has 2 heterocycles. The summed E-state index contributed by atoms with van der Waals surface area (Å²) in [5.74, 6) is 5.51. The third kappa shape index (κ3) is 2.61. The van der Waals surface area contributed by atoms with E-state index in [9.17, 15) is 9.59 Å². The van der Waals surface area contributed by atoms with Crippen molar-refractivity contribution in [2.75, 3.05) is 10.7 Å². The van der Waals surface area contributed by atoms with E-state index in [1.54, 1.807) is 0 Å². The number of hydrazine groups is 1. The molecule has 5 N–H and O–H groups in total. The van der Waals surface area contributed by atoms with Gasteiger partial charge in [-0.25, -0.2) is 10.8 Å². The Hall–Kier alpha value is -2.74. The molecule has 8 nitrogen and oxygen atoms in total. The van der Waals surface area contributed by atoms with Crippen molar-refractivity contribution < 1.29 is 9.59 Å². The lowest BCUT2D eigenvalue weighted by Gasteiger charge is -2.23. The molecule has 0 saturated carbocycles. The molecule has 1 aliphatic rings. The van der Waals surface area contributed by atoms with Gasteiger partial charge in [0.15, 0.2) is 0 Å². The number of nitrogens with one attached hydrogen (secondary N) is 3. The number of piperidine rings is 1. The molecule has 1 atom stereocenters. The highest BCUT2D eigenvalue weighted by Gasteiger charge is 2.27. The zero-order valence-electron chi connectivity index (χ0n) is 11.1. The molecule has 1 aliphatic heterocycles. The number of nitrogen functional groups attached to an aromatic ring is 1. The van der Waals surface area contributed by atoms with Crippen molar-refractivity contribution in [3.8, 4) is 0 Å². The van der Waals surface area contributed by atoms with Crippen molar-refractivity contribution in [3.63, 3.8) is 0 Å². The van der Waals surface area contributed by atoms with Crippen LogP contribution in [0.2, 0.25) is 0 Å². The van der Waals surface area contributed by atoms with Gasteiger partial charge in [-0.1, -0.05) is 12.1 Å². The summed E-state index contributed by atoms with van der Waals surface area (Å²) in [5.41, 5.74) is 3.10. The zero-order chi connectivity index (χ0) is 14.8. The second-order valence-corrected chi connectivity index (χ2v) is 4.71. The highest BCUT2D eigenvalue weighted by atomic mass is 16.2. The molecule has 0 spiro atoms. The molecule has 0 aliphatic carbocycles. The maximum absolute atomic E-state index is 11.8. The number of fused-ring (bicyclic) bond motifs is 1. The van der Waals surface area contributed by atoms with Gasteiger partial charge < -0.3 is 5.32 Å². The summed E-state index contributed by atoms with van der Waals surface area (Å²) in [6, 6.07) is 6.88. The number of nitrogens with two attached hydrogens (primary N) is 1. The van der Waals surface area contributed by atoms with Crippen LogP contribution in [-0.4, -0.2) is 27.8 Å². The minimum absolute atomic E-state index is 0.253. The predicted molar refractivity (Wildman–Crippen MR) is 77.1 cm³/mol. The molecule has 2 amide bonds. The fourth-order valence-electron chi connectivity index (χ4n) is 2.25. The van der Waals surface area contributed by atoms with Gasteiger partial charge in [0.25, 0.3) is 0 Å². The average molecular weight is 286 g/mol. The predicted octanol–water partition coefficient (Wildman–Crippen LogP) is 0.133. The molecule has 1 fully saturated rings. The minimum Gasteiger partial charge on any atom is -0.358 e. The molecule has 0 bridgehead atoms. The number of carbonyl (C=O) groups is 2. The molecule has 8 heteroatoms. The van der Waals surface area contributed by atoms with Gasteiger partial charge in [0.1, 0.15) is 11.9 Å². The van der Waals surface area contributed by atoms with E-state index in [1.165, 1.54) is 0 Å². The Labute approximate surface area is 120 Å². The fourth-order valence-corrected chi connectivity index (χ4v) is 2.25. The number of anilines is 2. The standard InChI is InChI=1S/C13H14N6O2/c14-19-13-16-8-4-2-1-3-7(8)11(18-13)15-9-5-6-10(20)17-12(9)21/h1-4,9H,5-6,14H2,(H,17,20,21)(H2,15,16,18,19). The van der Waals surface area contributed by atoms with Crippen LogP contribution < -0.4 is 21.9 Å². The Morgan fingerprint density at radius 2 is 2.05 bits per heavy atom. The number of benzene rings is 1. The number of nitrogens with zero attached hydrogens (tertiary/aromatic N) is 2. The summed E-state index contributed by atoms with van der Waals surface area (Å²) in [5, 5.41) is 6.14. The molecule has 1 aromatic carbocycles. The van der Waals surface area contributed by atoms with Gasteiger partial charge in [-0.05, 0) is 18.6 Å². The van der Waals surface area contributed by atoms with Crippen molar-refractivity contribution in [2.24, 2.45) is 5.84 Å². The smallest absolute Gasteiger partial charge is 0.249 e. The van der Waals surface area contributed by atoms with Crippen molar-refractivity contribution in [3.05, 3.63) is 24.3 Å². The largest absolute Gasteiger partial charge is 0.358 e. The van der Waals surface area contributed by atoms with Gasteiger partial charge in [-0.15, -0.1) is 0 Å². The van der Waals surface area contributed by atoms with E-state index in [0.29, 0.717) is 24.2 Å². The first-order valence-corrected chi connectivity index (χ1v) is 6.51. The van der Waals surface area contributed by atoms with E-state index < -0.39 is 6.04 Å². The molecule has 1 aromatic heterocycles. The lowest BCUT2D eigenvalue weighted by molar-refractivity contribution is -0.133. The molecule has 2 aromatic rings. The second-order valence-electron chi connectivity index (χ2n) is 4.71. The number of para-hydroxylation sites is 1. The summed E-state index contributed by atoms with van der Waals surface area (Å²) < 4.78 is 0. The topological polar surface area (TPSA) is 122 Å². The van der Waals surface area contributed by atoms with Crippen LogP contribution in [0.3, 0.4) is 0 Å². The lowest BCUT2D eigenvalue weighted by atomic mass is 10.1. The summed E-state index contributed by atoms with van der Waals surface area (Å²) in [7, 11) is 0. The number of hydrogen-bond acceptors (Lipinski definition) is 7. The van der Waals surface area contributed by atoms with E-state index in [0.717, 1.165) is 5.39 Å². The normalized spacial score (nSPS) is 18.4. The van der Waals surface area contributed by atoms with Crippen LogP contribution in [0.5, 0.6) is 0 Å². The van der Waals surface area contributed by atoms with Crippen LogP contribution in [-0.2, 0) is 9.59 Å². The SMILES string of the molecule is NNc1nc(NC2CCC(=O)NC2=O)c2ccccc2n1. The summed E-state index contributed by atoms with van der Waals surface area (Å²) in [4.78, 5) is 31.5. The van der Waals surface area contributed by atoms with Crippen LogP contribution >= 0.6 is 0 Å². The van der Waals surface area contributed by atoms with E-state index in [1.807, 2.05) is 24.3 Å². The maximum Gasteiger partial charge on any atom is 0.249 e. The molecule has 1 saturated heterocycles. The van der Waals surface area contributed by atoms with Crippen LogP contribution in [0.25, 0.3) is 10.9 Å². The number of amides is 2. The van der Waals surface area contributed by atoms with Gasteiger partial charge in [-0.2, -0.15) is 4.98 Å². The molecular formula is C13H14N6O2. The Morgan fingerprint density at radius 3 is 2.81 bits per heavy atom. The Kier molecular flexibility index (Phi) is 3.36. The molecule has 3 rings (SSSR count). The number of hydrogen-bond donors (Lipinski definition) is 4. The molecule has 0 radical (unpaired) electrons. The maximum atomic E-state index is 11.8. The number of rotatable bonds is 3. The van der Waals surface area contributed by atoms with Gasteiger partial charge in [0, 0.05) is 11.8 Å². The van der Waals surface area contributed by atoms with E-state index in [2.05, 4.69) is 26.0 Å². The minimum atomic E-state index is -0.508. The first kappa shape index (κ1) is 13.3. The third-order valence-electron chi connectivity index (χ3n) is 3.28. The third-order valence-corrected chi connectivity index (χ3v) is 3.28. The van der Waals surface area contributed by atoms with E-state index >= 15 is 0 Å². The zero-order valence-corrected chi connectivity index (χ0v) is 11.1. The summed E-state index contributed by atoms with van der Waals surface area (Å²) in [6.45, 7) is 0. The Morgan fingerprint density at radius 1 is 1.24 bits per heavy atom. The van der Waals surface area contributed by atoms with Crippen LogP contribution in [0.1, 0.15) is 12.8 Å². The number of aromatic nitrogens is 2. The highest BCUT2D eigenvalue weighted by molar-refractivity contribution is 6.02. The molecule has 108 valence electrons. The van der Waals surface area contributed by atoms with Crippen LogP contribution in [0, 0.1) is 0 Å². The van der Waals surface area contributed by atoms with Gasteiger partial charge in [-0.3, -0.25) is 20.3 Å².